The Morgan fingerprint density at radius 3 is 2.89 bits per heavy atom. The lowest BCUT2D eigenvalue weighted by Crippen LogP contribution is -2.28. The number of amides is 1. The molecule has 0 radical (unpaired) electrons. The summed E-state index contributed by atoms with van der Waals surface area (Å²) in [6, 6.07) is 7.38. The van der Waals surface area contributed by atoms with Crippen LogP contribution < -0.4 is 0 Å². The first-order valence-corrected chi connectivity index (χ1v) is 6.00. The highest BCUT2D eigenvalue weighted by Crippen LogP contribution is 2.16. The Bertz CT molecular complexity index is 525. The summed E-state index contributed by atoms with van der Waals surface area (Å²) in [6.07, 6.45) is 3.71. The first-order chi connectivity index (χ1) is 8.66. The minimum Gasteiger partial charge on any atom is -0.347 e. The number of H-pyrrole nitrogens is 1. The predicted octanol–water partition coefficient (Wildman–Crippen LogP) is 2.26. The molecule has 0 aliphatic rings. The molecule has 5 heteroatoms. The summed E-state index contributed by atoms with van der Waals surface area (Å²) in [5, 5.41) is 0.622. The Hall–Kier alpha value is -1.81. The van der Waals surface area contributed by atoms with Gasteiger partial charge in [-0.05, 0) is 11.6 Å². The first kappa shape index (κ1) is 12.6. The maximum atomic E-state index is 12.0. The van der Waals surface area contributed by atoms with E-state index >= 15 is 0 Å². The summed E-state index contributed by atoms with van der Waals surface area (Å²) >= 11 is 6.03. The normalized spacial score (nSPS) is 10.3. The fraction of sp³-hybridized carbons (Fsp3) is 0.231. The van der Waals surface area contributed by atoms with E-state index in [1.165, 1.54) is 0 Å². The third-order valence-electron chi connectivity index (χ3n) is 2.67. The molecule has 1 amide bonds. The summed E-state index contributed by atoms with van der Waals surface area (Å²) < 4.78 is 0. The number of aromatic amines is 1. The molecule has 0 bridgehead atoms. The molecule has 0 spiro atoms. The zero-order valence-electron chi connectivity index (χ0n) is 10.1. The van der Waals surface area contributed by atoms with Gasteiger partial charge in [-0.3, -0.25) is 4.79 Å². The highest BCUT2D eigenvalue weighted by Gasteiger charge is 2.12. The highest BCUT2D eigenvalue weighted by molar-refractivity contribution is 6.31. The number of imidazole rings is 1. The molecule has 1 aromatic heterocycles. The van der Waals surface area contributed by atoms with Gasteiger partial charge in [0.25, 0.3) is 0 Å². The van der Waals surface area contributed by atoms with Crippen LogP contribution >= 0.6 is 11.6 Å². The van der Waals surface area contributed by atoms with Crippen LogP contribution in [0.3, 0.4) is 0 Å². The molecule has 0 unspecified atom stereocenters. The van der Waals surface area contributed by atoms with Crippen LogP contribution in [0.4, 0.5) is 0 Å². The molecule has 2 rings (SSSR count). The van der Waals surface area contributed by atoms with E-state index < -0.39 is 0 Å². The number of carbonyl (C=O) groups is 1. The molecule has 2 aromatic rings. The lowest BCUT2D eigenvalue weighted by Gasteiger charge is -2.16. The predicted molar refractivity (Wildman–Crippen MR) is 70.2 cm³/mol. The van der Waals surface area contributed by atoms with E-state index in [4.69, 9.17) is 11.6 Å². The second-order valence-corrected chi connectivity index (χ2v) is 4.46. The molecule has 0 saturated carbocycles. The van der Waals surface area contributed by atoms with Gasteiger partial charge >= 0.3 is 0 Å². The molecule has 94 valence electrons. The van der Waals surface area contributed by atoms with E-state index in [1.54, 1.807) is 30.4 Å². The van der Waals surface area contributed by atoms with Crippen LogP contribution in [0.15, 0.2) is 36.7 Å². The molecule has 1 heterocycles. The van der Waals surface area contributed by atoms with Crippen LogP contribution in [0.25, 0.3) is 0 Å². The number of likely N-dealkylation sites (N-methyl/N-ethyl adjacent to an activating group) is 1. The molecule has 0 atom stereocenters. The van der Waals surface area contributed by atoms with Gasteiger partial charge in [-0.2, -0.15) is 0 Å². The minimum absolute atomic E-state index is 0.0134. The topological polar surface area (TPSA) is 49.0 Å². The number of rotatable bonds is 4. The van der Waals surface area contributed by atoms with Crippen LogP contribution in [0.2, 0.25) is 5.02 Å². The zero-order valence-corrected chi connectivity index (χ0v) is 10.8. The van der Waals surface area contributed by atoms with Gasteiger partial charge in [0.2, 0.25) is 5.91 Å². The number of benzene rings is 1. The first-order valence-electron chi connectivity index (χ1n) is 5.62. The maximum Gasteiger partial charge on any atom is 0.227 e. The Labute approximate surface area is 111 Å². The van der Waals surface area contributed by atoms with Crippen molar-refractivity contribution in [3.63, 3.8) is 0 Å². The Kier molecular flexibility index (Phi) is 3.99. The average molecular weight is 264 g/mol. The largest absolute Gasteiger partial charge is 0.347 e. The zero-order chi connectivity index (χ0) is 13.0. The van der Waals surface area contributed by atoms with E-state index in [1.807, 2.05) is 18.2 Å². The Morgan fingerprint density at radius 1 is 1.44 bits per heavy atom. The van der Waals surface area contributed by atoms with Crippen molar-refractivity contribution in [1.82, 2.24) is 14.9 Å². The van der Waals surface area contributed by atoms with Crippen LogP contribution in [0.5, 0.6) is 0 Å². The number of aromatic nitrogens is 2. The van der Waals surface area contributed by atoms with E-state index in [0.717, 1.165) is 11.4 Å². The van der Waals surface area contributed by atoms with E-state index in [-0.39, 0.29) is 5.91 Å². The second-order valence-electron chi connectivity index (χ2n) is 4.05. The highest BCUT2D eigenvalue weighted by atomic mass is 35.5. The van der Waals surface area contributed by atoms with Crippen LogP contribution in [-0.4, -0.2) is 27.8 Å². The minimum atomic E-state index is 0.0134. The number of nitrogens with zero attached hydrogens (tertiary/aromatic N) is 2. The maximum absolute atomic E-state index is 12.0. The van der Waals surface area contributed by atoms with Crippen molar-refractivity contribution in [2.75, 3.05) is 7.05 Å². The average Bonchev–Trinajstić information content (AvgIpc) is 2.84. The van der Waals surface area contributed by atoms with Crippen LogP contribution in [0, 0.1) is 0 Å². The fourth-order valence-electron chi connectivity index (χ4n) is 1.64. The third kappa shape index (κ3) is 3.11. The lowest BCUT2D eigenvalue weighted by atomic mass is 10.1. The van der Waals surface area contributed by atoms with Gasteiger partial charge < -0.3 is 9.88 Å². The van der Waals surface area contributed by atoms with Gasteiger partial charge in [0, 0.05) is 24.5 Å². The summed E-state index contributed by atoms with van der Waals surface area (Å²) in [4.78, 5) is 20.7. The number of hydrogen-bond donors (Lipinski definition) is 1. The molecular weight excluding hydrogens is 250 g/mol. The number of nitrogens with one attached hydrogen (secondary N) is 1. The fourth-order valence-corrected chi connectivity index (χ4v) is 1.84. The quantitative estimate of drug-likeness (QED) is 0.920. The van der Waals surface area contributed by atoms with Crippen molar-refractivity contribution in [3.05, 3.63) is 53.1 Å². The standard InChI is InChI=1S/C13H14ClN3O/c1-17(9-12-15-6-7-16-12)13(18)8-10-4-2-3-5-11(10)14/h2-7H,8-9H2,1H3,(H,15,16). The smallest absolute Gasteiger partial charge is 0.227 e. The van der Waals surface area contributed by atoms with Crippen LogP contribution in [0.1, 0.15) is 11.4 Å². The third-order valence-corrected chi connectivity index (χ3v) is 3.04. The summed E-state index contributed by atoms with van der Waals surface area (Å²) in [5.41, 5.74) is 0.843. The van der Waals surface area contributed by atoms with Gasteiger partial charge in [0.1, 0.15) is 5.82 Å². The number of hydrogen-bond acceptors (Lipinski definition) is 2. The molecule has 1 N–H and O–H groups in total. The van der Waals surface area contributed by atoms with Crippen molar-refractivity contribution < 1.29 is 4.79 Å². The second kappa shape index (κ2) is 5.69. The van der Waals surface area contributed by atoms with Gasteiger partial charge in [-0.25, -0.2) is 4.98 Å². The van der Waals surface area contributed by atoms with Gasteiger partial charge in [-0.15, -0.1) is 0 Å². The molecular formula is C13H14ClN3O. The Balaban J connectivity index is 1.98. The van der Waals surface area contributed by atoms with Crippen molar-refractivity contribution in [1.29, 1.82) is 0 Å². The van der Waals surface area contributed by atoms with Crippen LogP contribution in [-0.2, 0) is 17.8 Å². The SMILES string of the molecule is CN(Cc1ncc[nH]1)C(=O)Cc1ccccc1Cl. The van der Waals surface area contributed by atoms with Gasteiger partial charge in [0.15, 0.2) is 0 Å². The summed E-state index contributed by atoms with van der Waals surface area (Å²) in [7, 11) is 1.75. The number of carbonyl (C=O) groups excluding carboxylic acids is 1. The lowest BCUT2D eigenvalue weighted by molar-refractivity contribution is -0.129. The summed E-state index contributed by atoms with van der Waals surface area (Å²) in [6.45, 7) is 0.469. The molecule has 4 nitrogen and oxygen atoms in total. The monoisotopic (exact) mass is 263 g/mol. The molecule has 0 aliphatic carbocycles. The van der Waals surface area contributed by atoms with Gasteiger partial charge in [-0.1, -0.05) is 29.8 Å². The van der Waals surface area contributed by atoms with Crippen molar-refractivity contribution in [2.45, 2.75) is 13.0 Å². The van der Waals surface area contributed by atoms with E-state index in [9.17, 15) is 4.79 Å². The molecule has 0 aliphatic heterocycles. The molecule has 0 fully saturated rings. The van der Waals surface area contributed by atoms with Crippen molar-refractivity contribution >= 4 is 17.5 Å². The Morgan fingerprint density at radius 2 is 2.22 bits per heavy atom. The molecule has 0 saturated heterocycles. The number of halogens is 1. The summed E-state index contributed by atoms with van der Waals surface area (Å²) in [5.74, 6) is 0.782. The van der Waals surface area contributed by atoms with Gasteiger partial charge in [0.05, 0.1) is 13.0 Å². The molecule has 1 aromatic carbocycles. The molecule has 18 heavy (non-hydrogen) atoms. The van der Waals surface area contributed by atoms with Crippen molar-refractivity contribution in [2.24, 2.45) is 0 Å². The van der Waals surface area contributed by atoms with Crippen molar-refractivity contribution in [3.8, 4) is 0 Å². The van der Waals surface area contributed by atoms with E-state index in [0.29, 0.717) is 18.0 Å². The van der Waals surface area contributed by atoms with E-state index in [2.05, 4.69) is 9.97 Å².